The van der Waals surface area contributed by atoms with Crippen LogP contribution in [0.5, 0.6) is 0 Å². The van der Waals surface area contributed by atoms with Crippen LogP contribution in [0.15, 0.2) is 0 Å². The van der Waals surface area contributed by atoms with Crippen LogP contribution >= 0.6 is 0 Å². The molecule has 0 aromatic carbocycles. The van der Waals surface area contributed by atoms with Gasteiger partial charge < -0.3 is 72.0 Å². The fraction of sp³-hybridized carbons (Fsp3) is 0.938. The maximum atomic E-state index is 11.5. The summed E-state index contributed by atoms with van der Waals surface area (Å²) in [6.45, 7) is 16.6. The third-order valence-corrected chi connectivity index (χ3v) is 5.47. The summed E-state index contributed by atoms with van der Waals surface area (Å²) < 4.78 is 69.9. The summed E-state index contributed by atoms with van der Waals surface area (Å²) in [6.07, 6.45) is -0.464. The summed E-state index contributed by atoms with van der Waals surface area (Å²) in [5, 5.41) is 11.1. The molecule has 0 heterocycles. The van der Waals surface area contributed by atoms with E-state index >= 15 is 0 Å². The topological polar surface area (TPSA) is 186 Å². The second-order valence-corrected chi connectivity index (χ2v) is 10.9. The lowest BCUT2D eigenvalue weighted by atomic mass is 10.2. The van der Waals surface area contributed by atoms with E-state index in [2.05, 4.69) is 5.32 Å². The first-order chi connectivity index (χ1) is 23.8. The molecule has 0 aliphatic heterocycles. The highest BCUT2D eigenvalue weighted by molar-refractivity contribution is 5.67. The average Bonchev–Trinajstić information content (AvgIpc) is 3.05. The largest absolute Gasteiger partial charge is 0.481 e. The molecular weight excluding hydrogens is 654 g/mol. The number of hydrogen-bond donors (Lipinski definition) is 2. The van der Waals surface area contributed by atoms with Crippen molar-refractivity contribution in [3.8, 4) is 0 Å². The number of amides is 1. The average molecular weight is 718 g/mol. The first kappa shape index (κ1) is 47.3. The highest BCUT2D eigenvalue weighted by Gasteiger charge is 2.15. The highest BCUT2D eigenvalue weighted by Crippen LogP contribution is 2.06. The van der Waals surface area contributed by atoms with E-state index in [4.69, 9.17) is 66.7 Å². The summed E-state index contributed by atoms with van der Waals surface area (Å²) in [4.78, 5) is 21.8. The molecule has 292 valence electrons. The molecule has 0 aromatic rings. The number of aliphatic carboxylic acids is 1. The molecule has 0 aliphatic carbocycles. The first-order valence-corrected chi connectivity index (χ1v) is 16.9. The number of ether oxygens (including phenoxy) is 13. The molecule has 0 saturated heterocycles. The Labute approximate surface area is 291 Å². The second kappa shape index (κ2) is 37.5. The van der Waals surface area contributed by atoms with Gasteiger partial charge in [0.2, 0.25) is 0 Å². The van der Waals surface area contributed by atoms with Gasteiger partial charge in [-0.05, 0) is 20.8 Å². The first-order valence-electron chi connectivity index (χ1n) is 16.9. The van der Waals surface area contributed by atoms with E-state index in [9.17, 15) is 9.59 Å². The maximum Gasteiger partial charge on any atom is 0.407 e. The van der Waals surface area contributed by atoms with E-state index < -0.39 is 17.7 Å². The minimum absolute atomic E-state index is 0.00644. The molecule has 0 fully saturated rings. The monoisotopic (exact) mass is 717 g/mol. The zero-order valence-electron chi connectivity index (χ0n) is 30.0. The van der Waals surface area contributed by atoms with Crippen LogP contribution in [0.25, 0.3) is 0 Å². The van der Waals surface area contributed by atoms with Crippen LogP contribution in [0, 0.1) is 0 Å². The summed E-state index contributed by atoms with van der Waals surface area (Å²) in [5.74, 6) is -0.878. The van der Waals surface area contributed by atoms with Gasteiger partial charge in [-0.2, -0.15) is 0 Å². The lowest BCUT2D eigenvalue weighted by molar-refractivity contribution is -0.138. The Morgan fingerprint density at radius 2 is 0.633 bits per heavy atom. The molecule has 0 rings (SSSR count). The predicted octanol–water partition coefficient (Wildman–Crippen LogP) is 1.19. The standard InChI is InChI=1S/C32H63NO16/c1-32(2,3)49-31(36)33-5-7-38-9-11-40-13-15-42-17-19-44-21-23-46-25-27-48-29-28-47-26-24-45-22-20-43-18-16-41-14-12-39-10-8-37-6-4-30(34)35/h4-29H2,1-3H3,(H,33,36)(H,34,35). The Kier molecular flexibility index (Phi) is 36.2. The van der Waals surface area contributed by atoms with E-state index in [1.54, 1.807) is 0 Å². The molecule has 1 amide bonds. The highest BCUT2D eigenvalue weighted by atomic mass is 16.6. The summed E-state index contributed by atoms with van der Waals surface area (Å²) in [6, 6.07) is 0. The van der Waals surface area contributed by atoms with Gasteiger partial charge in [0.1, 0.15) is 5.60 Å². The van der Waals surface area contributed by atoms with Crippen molar-refractivity contribution in [2.24, 2.45) is 0 Å². The molecule has 0 bridgehead atoms. The number of alkyl carbamates (subject to hydrolysis) is 1. The van der Waals surface area contributed by atoms with Gasteiger partial charge in [-0.25, -0.2) is 4.79 Å². The lowest BCUT2D eigenvalue weighted by Crippen LogP contribution is -2.34. The Balaban J connectivity index is 3.10. The molecule has 2 N–H and O–H groups in total. The van der Waals surface area contributed by atoms with Crippen molar-refractivity contribution < 1.29 is 76.3 Å². The van der Waals surface area contributed by atoms with Gasteiger partial charge in [-0.15, -0.1) is 0 Å². The third-order valence-electron chi connectivity index (χ3n) is 5.47. The fourth-order valence-corrected chi connectivity index (χ4v) is 3.22. The molecule has 0 saturated carbocycles. The summed E-state index contributed by atoms with van der Waals surface area (Å²) in [7, 11) is 0. The van der Waals surface area contributed by atoms with E-state index in [1.165, 1.54) is 0 Å². The molecular formula is C32H63NO16. The molecule has 0 radical (unpaired) electrons. The number of carboxylic acids is 1. The van der Waals surface area contributed by atoms with Crippen LogP contribution in [-0.2, 0) is 66.4 Å². The molecule has 49 heavy (non-hydrogen) atoms. The SMILES string of the molecule is CC(C)(C)OC(=O)NCCOCCOCCOCCOCCOCCOCCOCCOCCOCCOCCOCCOCCC(=O)O. The van der Waals surface area contributed by atoms with Crippen molar-refractivity contribution in [2.45, 2.75) is 32.8 Å². The number of carbonyl (C=O) groups excluding carboxylic acids is 1. The molecule has 0 unspecified atom stereocenters. The van der Waals surface area contributed by atoms with E-state index in [0.29, 0.717) is 159 Å². The minimum Gasteiger partial charge on any atom is -0.481 e. The van der Waals surface area contributed by atoms with E-state index in [1.807, 2.05) is 20.8 Å². The van der Waals surface area contributed by atoms with Gasteiger partial charge in [0.25, 0.3) is 0 Å². The van der Waals surface area contributed by atoms with Gasteiger partial charge in [0, 0.05) is 6.54 Å². The van der Waals surface area contributed by atoms with Crippen LogP contribution < -0.4 is 5.32 Å². The quantitative estimate of drug-likeness (QED) is 0.0863. The molecule has 17 nitrogen and oxygen atoms in total. The Bertz CT molecular complexity index is 713. The van der Waals surface area contributed by atoms with Crippen molar-refractivity contribution >= 4 is 12.1 Å². The fourth-order valence-electron chi connectivity index (χ4n) is 3.22. The third kappa shape index (κ3) is 44.2. The van der Waals surface area contributed by atoms with Gasteiger partial charge >= 0.3 is 12.1 Å². The van der Waals surface area contributed by atoms with Crippen LogP contribution in [-0.4, -0.2) is 188 Å². The van der Waals surface area contributed by atoms with Crippen molar-refractivity contribution in [1.29, 1.82) is 0 Å². The van der Waals surface area contributed by atoms with E-state index in [-0.39, 0.29) is 13.0 Å². The molecule has 17 heteroatoms. The van der Waals surface area contributed by atoms with Crippen molar-refractivity contribution in [2.75, 3.05) is 165 Å². The molecule has 0 atom stereocenters. The smallest absolute Gasteiger partial charge is 0.407 e. The molecule has 0 spiro atoms. The Hall–Kier alpha value is -1.74. The Morgan fingerprint density at radius 3 is 0.857 bits per heavy atom. The van der Waals surface area contributed by atoms with Crippen LogP contribution in [0.4, 0.5) is 4.79 Å². The number of hydrogen-bond acceptors (Lipinski definition) is 15. The lowest BCUT2D eigenvalue weighted by Gasteiger charge is -2.19. The zero-order chi connectivity index (χ0) is 35.9. The summed E-state index contributed by atoms with van der Waals surface area (Å²) in [5.41, 5.74) is -0.516. The molecule has 0 aliphatic rings. The second-order valence-electron chi connectivity index (χ2n) is 10.9. The van der Waals surface area contributed by atoms with Crippen molar-refractivity contribution in [3.63, 3.8) is 0 Å². The van der Waals surface area contributed by atoms with Gasteiger partial charge in [-0.3, -0.25) is 4.79 Å². The predicted molar refractivity (Wildman–Crippen MR) is 176 cm³/mol. The van der Waals surface area contributed by atoms with Gasteiger partial charge in [0.05, 0.1) is 165 Å². The van der Waals surface area contributed by atoms with Crippen molar-refractivity contribution in [3.05, 3.63) is 0 Å². The number of carbonyl (C=O) groups is 2. The number of carboxylic acid groups (broad SMARTS) is 1. The number of nitrogens with one attached hydrogen (secondary N) is 1. The zero-order valence-corrected chi connectivity index (χ0v) is 30.0. The van der Waals surface area contributed by atoms with Gasteiger partial charge in [0.15, 0.2) is 0 Å². The Morgan fingerprint density at radius 1 is 0.408 bits per heavy atom. The van der Waals surface area contributed by atoms with Gasteiger partial charge in [-0.1, -0.05) is 0 Å². The van der Waals surface area contributed by atoms with Crippen LogP contribution in [0.3, 0.4) is 0 Å². The maximum absolute atomic E-state index is 11.5. The van der Waals surface area contributed by atoms with Crippen LogP contribution in [0.1, 0.15) is 27.2 Å². The normalized spacial score (nSPS) is 11.7. The van der Waals surface area contributed by atoms with Crippen LogP contribution in [0.2, 0.25) is 0 Å². The number of rotatable bonds is 39. The summed E-state index contributed by atoms with van der Waals surface area (Å²) >= 11 is 0. The minimum atomic E-state index is -0.878. The van der Waals surface area contributed by atoms with E-state index in [0.717, 1.165) is 0 Å². The molecule has 0 aromatic heterocycles. The van der Waals surface area contributed by atoms with Crippen molar-refractivity contribution in [1.82, 2.24) is 5.32 Å².